The Labute approximate surface area is 219 Å². The Morgan fingerprint density at radius 1 is 1.00 bits per heavy atom. The number of hydrogen-bond acceptors (Lipinski definition) is 5. The monoisotopic (exact) mass is 509 g/mol. The van der Waals surface area contributed by atoms with Gasteiger partial charge in [-0.15, -0.1) is 0 Å². The van der Waals surface area contributed by atoms with Crippen LogP contribution in [0.25, 0.3) is 0 Å². The highest BCUT2D eigenvalue weighted by Crippen LogP contribution is 2.37. The van der Waals surface area contributed by atoms with Gasteiger partial charge in [-0.3, -0.25) is 9.69 Å². The summed E-state index contributed by atoms with van der Waals surface area (Å²) >= 11 is 1.98. The van der Waals surface area contributed by atoms with E-state index in [2.05, 4.69) is 65.6 Å². The topological polar surface area (TPSA) is 70.0 Å². The van der Waals surface area contributed by atoms with Crippen molar-refractivity contribution >= 4 is 17.7 Å². The van der Waals surface area contributed by atoms with Crippen LogP contribution in [0.4, 0.5) is 0 Å². The molecule has 36 heavy (non-hydrogen) atoms. The maximum atomic E-state index is 11.0. The Kier molecular flexibility index (Phi) is 10.5. The van der Waals surface area contributed by atoms with Gasteiger partial charge in [0.25, 0.3) is 0 Å². The summed E-state index contributed by atoms with van der Waals surface area (Å²) in [5.74, 6) is 1.71. The van der Waals surface area contributed by atoms with Crippen LogP contribution in [-0.4, -0.2) is 63.9 Å². The minimum atomic E-state index is -0.744. The molecule has 0 aromatic heterocycles. The van der Waals surface area contributed by atoms with Gasteiger partial charge in [0.15, 0.2) is 0 Å². The minimum absolute atomic E-state index is 0.00671. The third kappa shape index (κ3) is 7.94. The molecule has 2 N–H and O–H groups in total. The number of allylic oxidation sites excluding steroid dienone is 2. The van der Waals surface area contributed by atoms with E-state index in [0.717, 1.165) is 49.4 Å². The second kappa shape index (κ2) is 14.0. The summed E-state index contributed by atoms with van der Waals surface area (Å²) in [4.78, 5) is 13.2. The summed E-state index contributed by atoms with van der Waals surface area (Å²) in [7, 11) is 0. The lowest BCUT2D eigenvalue weighted by Gasteiger charge is -2.37. The summed E-state index contributed by atoms with van der Waals surface area (Å²) < 4.78 is 6.46. The molecule has 2 aliphatic rings. The number of carboxylic acid groups (broad SMARTS) is 1. The zero-order valence-corrected chi connectivity index (χ0v) is 21.8. The summed E-state index contributed by atoms with van der Waals surface area (Å²) in [6.07, 6.45) is 7.97. The lowest BCUT2D eigenvalue weighted by molar-refractivity contribution is -0.137. The van der Waals surface area contributed by atoms with Crippen LogP contribution in [0, 0.1) is 5.92 Å². The van der Waals surface area contributed by atoms with Crippen molar-refractivity contribution in [3.8, 4) is 0 Å². The smallest absolute Gasteiger partial charge is 0.303 e. The Morgan fingerprint density at radius 3 is 2.42 bits per heavy atom. The normalized spacial score (nSPS) is 24.9. The minimum Gasteiger partial charge on any atom is -0.481 e. The van der Waals surface area contributed by atoms with Gasteiger partial charge in [0.2, 0.25) is 0 Å². The van der Waals surface area contributed by atoms with Crippen molar-refractivity contribution in [2.75, 3.05) is 24.6 Å². The van der Waals surface area contributed by atoms with Crippen molar-refractivity contribution in [2.24, 2.45) is 5.92 Å². The van der Waals surface area contributed by atoms with E-state index in [1.165, 1.54) is 11.1 Å². The summed E-state index contributed by atoms with van der Waals surface area (Å²) in [5, 5.41) is 19.9. The van der Waals surface area contributed by atoms with Crippen molar-refractivity contribution in [1.29, 1.82) is 0 Å². The molecule has 1 aliphatic carbocycles. The van der Waals surface area contributed by atoms with Gasteiger partial charge in [0.1, 0.15) is 0 Å². The molecule has 0 bridgehead atoms. The SMILES string of the molecule is O=C(O)CCCC=CCC1C(OCc2ccc(Cc3ccccc3)cc2)CC(O)C1N1CCSCC1. The zero-order chi connectivity index (χ0) is 25.2. The molecule has 5 nitrogen and oxygen atoms in total. The Bertz CT molecular complexity index is 959. The first-order valence-corrected chi connectivity index (χ1v) is 14.4. The van der Waals surface area contributed by atoms with Crippen molar-refractivity contribution in [1.82, 2.24) is 4.90 Å². The lowest BCUT2D eigenvalue weighted by Crippen LogP contribution is -2.48. The van der Waals surface area contributed by atoms with E-state index in [-0.39, 0.29) is 30.6 Å². The molecule has 2 aromatic carbocycles. The number of ether oxygens (including phenoxy) is 1. The van der Waals surface area contributed by atoms with Crippen LogP contribution < -0.4 is 0 Å². The highest BCUT2D eigenvalue weighted by molar-refractivity contribution is 7.99. The molecule has 4 atom stereocenters. The first-order chi connectivity index (χ1) is 17.6. The van der Waals surface area contributed by atoms with Crippen molar-refractivity contribution in [2.45, 2.75) is 63.4 Å². The van der Waals surface area contributed by atoms with E-state index in [1.54, 1.807) is 0 Å². The molecule has 0 amide bonds. The zero-order valence-electron chi connectivity index (χ0n) is 21.0. The van der Waals surface area contributed by atoms with Gasteiger partial charge >= 0.3 is 5.97 Å². The van der Waals surface area contributed by atoms with E-state index in [0.29, 0.717) is 19.4 Å². The highest BCUT2D eigenvalue weighted by atomic mass is 32.2. The van der Waals surface area contributed by atoms with Crippen LogP contribution in [0.3, 0.4) is 0 Å². The average Bonchev–Trinajstić information content (AvgIpc) is 3.21. The van der Waals surface area contributed by atoms with E-state index >= 15 is 0 Å². The van der Waals surface area contributed by atoms with Crippen molar-refractivity contribution in [3.63, 3.8) is 0 Å². The van der Waals surface area contributed by atoms with Gasteiger partial charge in [0, 0.05) is 49.4 Å². The van der Waals surface area contributed by atoms with Gasteiger partial charge in [-0.05, 0) is 42.4 Å². The first-order valence-electron chi connectivity index (χ1n) is 13.2. The maximum Gasteiger partial charge on any atom is 0.303 e. The summed E-state index contributed by atoms with van der Waals surface area (Å²) in [5.41, 5.74) is 3.75. The molecule has 2 fully saturated rings. The van der Waals surface area contributed by atoms with E-state index < -0.39 is 5.97 Å². The molecule has 4 rings (SSSR count). The average molecular weight is 510 g/mol. The fraction of sp³-hybridized carbons (Fsp3) is 0.500. The van der Waals surface area contributed by atoms with Gasteiger partial charge in [0.05, 0.1) is 18.8 Å². The fourth-order valence-electron chi connectivity index (χ4n) is 5.46. The number of benzene rings is 2. The van der Waals surface area contributed by atoms with Crippen molar-refractivity contribution in [3.05, 3.63) is 83.4 Å². The molecule has 1 heterocycles. The number of aliphatic hydroxyl groups excluding tert-OH is 1. The third-order valence-electron chi connectivity index (χ3n) is 7.33. The predicted molar refractivity (Wildman–Crippen MR) is 146 cm³/mol. The number of nitrogens with zero attached hydrogens (tertiary/aromatic N) is 1. The number of aliphatic hydroxyl groups is 1. The first kappa shape index (κ1) is 26.9. The van der Waals surface area contributed by atoms with Gasteiger partial charge in [-0.25, -0.2) is 0 Å². The number of hydrogen-bond donors (Lipinski definition) is 2. The molecule has 2 aromatic rings. The van der Waals surface area contributed by atoms with Crippen LogP contribution in [0.1, 0.15) is 48.8 Å². The van der Waals surface area contributed by atoms with E-state index in [1.807, 2.05) is 17.8 Å². The van der Waals surface area contributed by atoms with E-state index in [9.17, 15) is 9.90 Å². The molecule has 1 saturated carbocycles. The van der Waals surface area contributed by atoms with Crippen LogP contribution in [0.5, 0.6) is 0 Å². The largest absolute Gasteiger partial charge is 0.481 e. The standard InChI is InChI=1S/C30H39NO4S/c32-27-21-28(35-22-25-14-12-24(13-15-25)20-23-8-4-3-5-9-23)26(10-6-1-2-7-11-29(33)34)30(27)31-16-18-36-19-17-31/h1,3-6,8-9,12-15,26-28,30,32H,2,7,10-11,16-22H2,(H,33,34). The second-order valence-electron chi connectivity index (χ2n) is 9.93. The Morgan fingerprint density at radius 2 is 1.69 bits per heavy atom. The third-order valence-corrected chi connectivity index (χ3v) is 8.27. The van der Waals surface area contributed by atoms with Gasteiger partial charge < -0.3 is 14.9 Å². The highest BCUT2D eigenvalue weighted by Gasteiger charge is 2.45. The number of thioether (sulfide) groups is 1. The van der Waals surface area contributed by atoms with Crippen LogP contribution in [-0.2, 0) is 22.6 Å². The number of aliphatic carboxylic acids is 1. The molecule has 4 unspecified atom stereocenters. The van der Waals surface area contributed by atoms with Gasteiger partial charge in [-0.1, -0.05) is 66.7 Å². The lowest BCUT2D eigenvalue weighted by atomic mass is 9.95. The van der Waals surface area contributed by atoms with E-state index in [4.69, 9.17) is 9.84 Å². The molecule has 0 radical (unpaired) electrons. The molecule has 1 saturated heterocycles. The molecule has 1 aliphatic heterocycles. The number of carboxylic acids is 1. The quantitative estimate of drug-likeness (QED) is 0.304. The summed E-state index contributed by atoms with van der Waals surface area (Å²) in [6, 6.07) is 19.3. The molecule has 194 valence electrons. The summed E-state index contributed by atoms with van der Waals surface area (Å²) in [6.45, 7) is 2.58. The maximum absolute atomic E-state index is 11.0. The predicted octanol–water partition coefficient (Wildman–Crippen LogP) is 5.16. The molecular weight excluding hydrogens is 470 g/mol. The number of rotatable bonds is 12. The Hall–Kier alpha value is -2.12. The van der Waals surface area contributed by atoms with Crippen molar-refractivity contribution < 1.29 is 19.7 Å². The molecule has 0 spiro atoms. The fourth-order valence-corrected chi connectivity index (χ4v) is 6.39. The second-order valence-corrected chi connectivity index (χ2v) is 11.2. The van der Waals surface area contributed by atoms with Crippen LogP contribution in [0.15, 0.2) is 66.7 Å². The molecular formula is C30H39NO4S. The number of carbonyl (C=O) groups is 1. The van der Waals surface area contributed by atoms with Gasteiger partial charge in [-0.2, -0.15) is 11.8 Å². The Balaban J connectivity index is 1.35. The number of unbranched alkanes of at least 4 members (excludes halogenated alkanes) is 1. The van der Waals surface area contributed by atoms with Crippen LogP contribution >= 0.6 is 11.8 Å². The van der Waals surface area contributed by atoms with Crippen LogP contribution in [0.2, 0.25) is 0 Å². The molecule has 6 heteroatoms.